The molecule has 6 heteroatoms. The highest BCUT2D eigenvalue weighted by Crippen LogP contribution is 2.16. The molecule has 0 fully saturated rings. The first-order valence-corrected chi connectivity index (χ1v) is 7.70. The van der Waals surface area contributed by atoms with Crippen LogP contribution in [-0.4, -0.2) is 25.6 Å². The van der Waals surface area contributed by atoms with E-state index >= 15 is 0 Å². The molecule has 0 aliphatic rings. The molecule has 0 atom stereocenters. The lowest BCUT2D eigenvalue weighted by molar-refractivity contribution is -0.139. The van der Waals surface area contributed by atoms with Crippen molar-refractivity contribution >= 4 is 33.5 Å². The summed E-state index contributed by atoms with van der Waals surface area (Å²) in [5.74, 6) is 0.0109. The maximum atomic E-state index is 11.8. The number of amides is 1. The van der Waals surface area contributed by atoms with E-state index in [0.29, 0.717) is 11.4 Å². The zero-order chi connectivity index (χ0) is 16.7. The molecule has 0 aliphatic carbocycles. The van der Waals surface area contributed by atoms with Crippen molar-refractivity contribution in [3.63, 3.8) is 0 Å². The van der Waals surface area contributed by atoms with Gasteiger partial charge >= 0.3 is 5.97 Å². The van der Waals surface area contributed by atoms with Crippen molar-refractivity contribution in [2.45, 2.75) is 6.42 Å². The zero-order valence-corrected chi connectivity index (χ0v) is 14.1. The third-order valence-corrected chi connectivity index (χ3v) is 3.47. The van der Waals surface area contributed by atoms with Crippen molar-refractivity contribution in [3.8, 4) is 5.75 Å². The van der Waals surface area contributed by atoms with E-state index in [1.165, 1.54) is 7.11 Å². The molecule has 1 amide bonds. The van der Waals surface area contributed by atoms with Crippen molar-refractivity contribution < 1.29 is 19.1 Å². The first kappa shape index (κ1) is 17.0. The van der Waals surface area contributed by atoms with Gasteiger partial charge in [0.2, 0.25) is 0 Å². The molecule has 0 unspecified atom stereocenters. The Kier molecular flexibility index (Phi) is 6.17. The molecule has 0 aromatic heterocycles. The number of nitrogens with one attached hydrogen (secondary N) is 1. The quantitative estimate of drug-likeness (QED) is 0.785. The van der Waals surface area contributed by atoms with Crippen LogP contribution in [0.2, 0.25) is 0 Å². The van der Waals surface area contributed by atoms with Crippen LogP contribution in [-0.2, 0) is 20.7 Å². The van der Waals surface area contributed by atoms with Crippen LogP contribution in [0.1, 0.15) is 5.56 Å². The Bertz CT molecular complexity index is 685. The normalized spacial score (nSPS) is 10.0. The number of hydrogen-bond acceptors (Lipinski definition) is 4. The topological polar surface area (TPSA) is 64.6 Å². The molecule has 0 aliphatic heterocycles. The van der Waals surface area contributed by atoms with Gasteiger partial charge in [-0.3, -0.25) is 9.59 Å². The first-order chi connectivity index (χ1) is 11.1. The third-order valence-electron chi connectivity index (χ3n) is 2.98. The molecule has 0 saturated heterocycles. The second kappa shape index (κ2) is 8.33. The van der Waals surface area contributed by atoms with Crippen molar-refractivity contribution in [2.24, 2.45) is 0 Å². The molecular weight excluding hydrogens is 362 g/mol. The summed E-state index contributed by atoms with van der Waals surface area (Å²) < 4.78 is 10.9. The van der Waals surface area contributed by atoms with E-state index in [4.69, 9.17) is 4.74 Å². The number of carbonyl (C=O) groups is 2. The number of hydrogen-bond donors (Lipinski definition) is 1. The summed E-state index contributed by atoms with van der Waals surface area (Å²) in [7, 11) is 1.35. The predicted molar refractivity (Wildman–Crippen MR) is 90.4 cm³/mol. The van der Waals surface area contributed by atoms with Gasteiger partial charge in [0.05, 0.1) is 13.5 Å². The molecule has 0 heterocycles. The SMILES string of the molecule is COC(=O)Cc1ccc(OCC(=O)Nc2cccc(Br)c2)cc1. The van der Waals surface area contributed by atoms with Crippen molar-refractivity contribution in [1.82, 2.24) is 0 Å². The van der Waals surface area contributed by atoms with Gasteiger partial charge in [0.15, 0.2) is 6.61 Å². The molecule has 5 nitrogen and oxygen atoms in total. The largest absolute Gasteiger partial charge is 0.484 e. The minimum atomic E-state index is -0.299. The Morgan fingerprint density at radius 3 is 2.52 bits per heavy atom. The average Bonchev–Trinajstić information content (AvgIpc) is 2.54. The van der Waals surface area contributed by atoms with Crippen LogP contribution in [0.25, 0.3) is 0 Å². The molecule has 0 bridgehead atoms. The maximum absolute atomic E-state index is 11.8. The van der Waals surface area contributed by atoms with Gasteiger partial charge in [-0.25, -0.2) is 0 Å². The monoisotopic (exact) mass is 377 g/mol. The van der Waals surface area contributed by atoms with Gasteiger partial charge in [-0.1, -0.05) is 34.1 Å². The van der Waals surface area contributed by atoms with Crippen LogP contribution in [0.4, 0.5) is 5.69 Å². The van der Waals surface area contributed by atoms with Gasteiger partial charge in [0, 0.05) is 10.2 Å². The Hall–Kier alpha value is -2.34. The number of methoxy groups -OCH3 is 1. The van der Waals surface area contributed by atoms with E-state index in [1.807, 2.05) is 12.1 Å². The fourth-order valence-corrected chi connectivity index (χ4v) is 2.25. The molecule has 2 rings (SSSR count). The number of benzene rings is 2. The Morgan fingerprint density at radius 2 is 1.87 bits per heavy atom. The summed E-state index contributed by atoms with van der Waals surface area (Å²) in [6.45, 7) is -0.0944. The smallest absolute Gasteiger partial charge is 0.309 e. The lowest BCUT2D eigenvalue weighted by Gasteiger charge is -2.08. The van der Waals surface area contributed by atoms with E-state index < -0.39 is 0 Å². The summed E-state index contributed by atoms with van der Waals surface area (Å²) in [4.78, 5) is 23.0. The number of rotatable bonds is 6. The zero-order valence-electron chi connectivity index (χ0n) is 12.5. The van der Waals surface area contributed by atoms with E-state index in [2.05, 4.69) is 26.0 Å². The molecule has 0 saturated carbocycles. The number of esters is 1. The molecule has 2 aromatic carbocycles. The standard InChI is InChI=1S/C17H16BrNO4/c1-22-17(21)9-12-5-7-15(8-6-12)23-11-16(20)19-14-4-2-3-13(18)10-14/h2-8,10H,9,11H2,1H3,(H,19,20). The van der Waals surface area contributed by atoms with Gasteiger partial charge in [0.1, 0.15) is 5.75 Å². The van der Waals surface area contributed by atoms with Crippen molar-refractivity contribution in [1.29, 1.82) is 0 Å². The fraction of sp³-hybridized carbons (Fsp3) is 0.176. The predicted octanol–water partition coefficient (Wildman–Crippen LogP) is 3.18. The average molecular weight is 378 g/mol. The lowest BCUT2D eigenvalue weighted by atomic mass is 10.1. The number of anilines is 1. The van der Waals surface area contributed by atoms with Crippen LogP contribution in [0.3, 0.4) is 0 Å². The Morgan fingerprint density at radius 1 is 1.13 bits per heavy atom. The van der Waals surface area contributed by atoms with Crippen molar-refractivity contribution in [2.75, 3.05) is 19.0 Å². The van der Waals surface area contributed by atoms with E-state index in [9.17, 15) is 9.59 Å². The third kappa shape index (κ3) is 5.75. The van der Waals surface area contributed by atoms with Crippen LogP contribution in [0, 0.1) is 0 Å². The fourth-order valence-electron chi connectivity index (χ4n) is 1.85. The maximum Gasteiger partial charge on any atom is 0.309 e. The van der Waals surface area contributed by atoms with E-state index in [-0.39, 0.29) is 24.9 Å². The Labute approximate surface area is 142 Å². The molecule has 1 N–H and O–H groups in total. The summed E-state index contributed by atoms with van der Waals surface area (Å²) in [6, 6.07) is 14.3. The van der Waals surface area contributed by atoms with E-state index in [1.54, 1.807) is 36.4 Å². The van der Waals surface area contributed by atoms with Crippen LogP contribution in [0.5, 0.6) is 5.75 Å². The molecular formula is C17H16BrNO4. The molecule has 0 spiro atoms. The summed E-state index contributed by atoms with van der Waals surface area (Å²) in [5, 5.41) is 2.74. The second-order valence-corrected chi connectivity index (χ2v) is 5.66. The summed E-state index contributed by atoms with van der Waals surface area (Å²) >= 11 is 3.34. The first-order valence-electron chi connectivity index (χ1n) is 6.91. The summed E-state index contributed by atoms with van der Waals surface area (Å²) in [6.07, 6.45) is 0.208. The van der Waals surface area contributed by atoms with Gasteiger partial charge in [-0.15, -0.1) is 0 Å². The van der Waals surface area contributed by atoms with E-state index in [0.717, 1.165) is 10.0 Å². The van der Waals surface area contributed by atoms with Crippen LogP contribution in [0.15, 0.2) is 53.0 Å². The molecule has 120 valence electrons. The molecule has 2 aromatic rings. The Balaban J connectivity index is 1.83. The van der Waals surface area contributed by atoms with Gasteiger partial charge < -0.3 is 14.8 Å². The summed E-state index contributed by atoms with van der Waals surface area (Å²) in [5.41, 5.74) is 1.52. The van der Waals surface area contributed by atoms with Crippen molar-refractivity contribution in [3.05, 3.63) is 58.6 Å². The van der Waals surface area contributed by atoms with Gasteiger partial charge in [0.25, 0.3) is 5.91 Å². The number of ether oxygens (including phenoxy) is 2. The second-order valence-electron chi connectivity index (χ2n) is 4.74. The molecule has 0 radical (unpaired) electrons. The van der Waals surface area contributed by atoms with Gasteiger partial charge in [-0.2, -0.15) is 0 Å². The minimum absolute atomic E-state index is 0.0944. The minimum Gasteiger partial charge on any atom is -0.484 e. The highest BCUT2D eigenvalue weighted by Gasteiger charge is 2.06. The molecule has 23 heavy (non-hydrogen) atoms. The highest BCUT2D eigenvalue weighted by molar-refractivity contribution is 9.10. The van der Waals surface area contributed by atoms with Gasteiger partial charge in [-0.05, 0) is 35.9 Å². The van der Waals surface area contributed by atoms with Crippen LogP contribution >= 0.6 is 15.9 Å². The highest BCUT2D eigenvalue weighted by atomic mass is 79.9. The number of carbonyl (C=O) groups excluding carboxylic acids is 2. The number of halogens is 1. The van der Waals surface area contributed by atoms with Crippen LogP contribution < -0.4 is 10.1 Å². The lowest BCUT2D eigenvalue weighted by Crippen LogP contribution is -2.20.